The largest absolute Gasteiger partial charge is 0.350 e. The number of nitrogens with zero attached hydrogens (tertiary/aromatic N) is 2. The van der Waals surface area contributed by atoms with Crippen molar-refractivity contribution in [3.05, 3.63) is 131 Å². The van der Waals surface area contributed by atoms with Gasteiger partial charge in [0, 0.05) is 37.4 Å². The summed E-state index contributed by atoms with van der Waals surface area (Å²) in [5, 5.41) is 0. The van der Waals surface area contributed by atoms with E-state index in [0.29, 0.717) is 0 Å². The van der Waals surface area contributed by atoms with Crippen LogP contribution in [0.5, 0.6) is 0 Å². The third-order valence-corrected chi connectivity index (χ3v) is 5.69. The maximum Gasteiger partial charge on any atom is 0.0475 e. The monoisotopic (exact) mass is 380 g/mol. The third kappa shape index (κ3) is 4.43. The van der Waals surface area contributed by atoms with E-state index in [4.69, 9.17) is 0 Å². The minimum Gasteiger partial charge on any atom is -0.350 e. The molecule has 0 aromatic heterocycles. The van der Waals surface area contributed by atoms with E-state index in [1.807, 2.05) is 0 Å². The lowest BCUT2D eigenvalue weighted by atomic mass is 10.0. The van der Waals surface area contributed by atoms with Crippen LogP contribution < -0.4 is 0 Å². The summed E-state index contributed by atoms with van der Waals surface area (Å²) in [7, 11) is 0. The quantitative estimate of drug-likeness (QED) is 0.607. The topological polar surface area (TPSA) is 6.48 Å². The highest BCUT2D eigenvalue weighted by atomic mass is 15.1. The van der Waals surface area contributed by atoms with Crippen LogP contribution in [0.2, 0.25) is 0 Å². The molecule has 29 heavy (non-hydrogen) atoms. The summed E-state index contributed by atoms with van der Waals surface area (Å²) in [5.74, 6) is 0. The second-order valence-corrected chi connectivity index (χ2v) is 7.80. The molecule has 2 heterocycles. The fourth-order valence-electron chi connectivity index (χ4n) is 3.71. The van der Waals surface area contributed by atoms with Gasteiger partial charge in [0.05, 0.1) is 0 Å². The summed E-state index contributed by atoms with van der Waals surface area (Å²) in [6.07, 6.45) is 15.4. The molecule has 0 radical (unpaired) electrons. The first-order chi connectivity index (χ1) is 14.1. The van der Waals surface area contributed by atoms with E-state index < -0.39 is 0 Å². The highest BCUT2D eigenvalue weighted by Gasteiger charge is 2.12. The molecule has 4 rings (SSSR count). The van der Waals surface area contributed by atoms with E-state index in [2.05, 4.69) is 122 Å². The van der Waals surface area contributed by atoms with Crippen molar-refractivity contribution in [2.75, 3.05) is 0 Å². The summed E-state index contributed by atoms with van der Waals surface area (Å²) in [5.41, 5.74) is 9.17. The van der Waals surface area contributed by atoms with Gasteiger partial charge < -0.3 is 9.80 Å². The summed E-state index contributed by atoms with van der Waals surface area (Å²) >= 11 is 0. The molecule has 0 aliphatic carbocycles. The predicted molar refractivity (Wildman–Crippen MR) is 122 cm³/mol. The third-order valence-electron chi connectivity index (χ3n) is 5.69. The Labute approximate surface area is 174 Å². The minimum atomic E-state index is 0.900. The van der Waals surface area contributed by atoms with Gasteiger partial charge in [-0.3, -0.25) is 0 Å². The number of benzene rings is 2. The Morgan fingerprint density at radius 3 is 1.76 bits per heavy atom. The number of allylic oxidation sites excluding steroid dienone is 7. The Balaban J connectivity index is 1.45. The van der Waals surface area contributed by atoms with E-state index in [-0.39, 0.29) is 0 Å². The van der Waals surface area contributed by atoms with E-state index in [1.54, 1.807) is 0 Å². The SMILES string of the molecule is CC1=CC(=C2C=CN(Cc3ccccc3C)C=C2)C=CN1Cc1ccccc1C. The number of hydrogen-bond acceptors (Lipinski definition) is 2. The van der Waals surface area contributed by atoms with Crippen LogP contribution >= 0.6 is 0 Å². The van der Waals surface area contributed by atoms with Crippen molar-refractivity contribution < 1.29 is 0 Å². The first-order valence-electron chi connectivity index (χ1n) is 10.2. The lowest BCUT2D eigenvalue weighted by Crippen LogP contribution is -2.18. The fraction of sp³-hybridized carbons (Fsp3) is 0.185. The predicted octanol–water partition coefficient (Wildman–Crippen LogP) is 6.38. The zero-order chi connectivity index (χ0) is 20.2. The molecule has 2 aromatic rings. The molecule has 0 bridgehead atoms. The molecule has 0 amide bonds. The van der Waals surface area contributed by atoms with Crippen LogP contribution in [0.1, 0.15) is 29.2 Å². The van der Waals surface area contributed by atoms with Crippen LogP contribution in [-0.4, -0.2) is 9.80 Å². The van der Waals surface area contributed by atoms with E-state index in [0.717, 1.165) is 13.1 Å². The van der Waals surface area contributed by atoms with Crippen LogP contribution in [0.4, 0.5) is 0 Å². The summed E-state index contributed by atoms with van der Waals surface area (Å²) in [6, 6.07) is 17.2. The van der Waals surface area contributed by atoms with E-state index in [1.165, 1.54) is 39.1 Å². The lowest BCUT2D eigenvalue weighted by Gasteiger charge is -2.26. The Hall–Kier alpha value is -3.26. The standard InChI is InChI=1S/C27H28N2/c1-21-8-4-6-10-26(21)19-28-15-12-24(13-16-28)25-14-17-29(23(3)18-25)20-27-11-7-5-9-22(27)2/h4-18H,19-20H2,1-3H3. The van der Waals surface area contributed by atoms with Gasteiger partial charge in [0.1, 0.15) is 0 Å². The second kappa shape index (κ2) is 8.40. The zero-order valence-electron chi connectivity index (χ0n) is 17.5. The van der Waals surface area contributed by atoms with Crippen LogP contribution in [0, 0.1) is 13.8 Å². The van der Waals surface area contributed by atoms with Gasteiger partial charge in [0.25, 0.3) is 0 Å². The fourth-order valence-corrected chi connectivity index (χ4v) is 3.71. The van der Waals surface area contributed by atoms with Crippen molar-refractivity contribution in [1.29, 1.82) is 0 Å². The molecule has 0 unspecified atom stereocenters. The number of rotatable bonds is 4. The second-order valence-electron chi connectivity index (χ2n) is 7.80. The number of hydrogen-bond donors (Lipinski definition) is 0. The van der Waals surface area contributed by atoms with Gasteiger partial charge in [0.2, 0.25) is 0 Å². The Morgan fingerprint density at radius 1 is 0.621 bits per heavy atom. The molecule has 2 aromatic carbocycles. The number of aryl methyl sites for hydroxylation is 2. The molecule has 2 nitrogen and oxygen atoms in total. The Morgan fingerprint density at radius 2 is 1.17 bits per heavy atom. The smallest absolute Gasteiger partial charge is 0.0475 e. The van der Waals surface area contributed by atoms with Gasteiger partial charge in [-0.15, -0.1) is 0 Å². The molecule has 0 atom stereocenters. The van der Waals surface area contributed by atoms with Crippen molar-refractivity contribution in [2.45, 2.75) is 33.9 Å². The average molecular weight is 381 g/mol. The Bertz CT molecular complexity index is 1030. The molecule has 2 heteroatoms. The zero-order valence-corrected chi connectivity index (χ0v) is 17.5. The van der Waals surface area contributed by atoms with Gasteiger partial charge in [-0.2, -0.15) is 0 Å². The maximum absolute atomic E-state index is 2.31. The van der Waals surface area contributed by atoms with Gasteiger partial charge in [-0.05, 0) is 78.5 Å². The highest BCUT2D eigenvalue weighted by Crippen LogP contribution is 2.25. The van der Waals surface area contributed by atoms with E-state index >= 15 is 0 Å². The van der Waals surface area contributed by atoms with Crippen LogP contribution in [0.3, 0.4) is 0 Å². The molecule has 0 saturated carbocycles. The van der Waals surface area contributed by atoms with Crippen molar-refractivity contribution in [3.8, 4) is 0 Å². The van der Waals surface area contributed by atoms with Crippen molar-refractivity contribution >= 4 is 0 Å². The van der Waals surface area contributed by atoms with Crippen molar-refractivity contribution in [3.63, 3.8) is 0 Å². The highest BCUT2D eigenvalue weighted by molar-refractivity contribution is 5.50. The molecule has 0 N–H and O–H groups in total. The van der Waals surface area contributed by atoms with Gasteiger partial charge in [-0.1, -0.05) is 48.5 Å². The van der Waals surface area contributed by atoms with Crippen LogP contribution in [-0.2, 0) is 13.1 Å². The van der Waals surface area contributed by atoms with Gasteiger partial charge >= 0.3 is 0 Å². The van der Waals surface area contributed by atoms with Gasteiger partial charge in [0.15, 0.2) is 0 Å². The van der Waals surface area contributed by atoms with Crippen LogP contribution in [0.15, 0.2) is 108 Å². The minimum absolute atomic E-state index is 0.900. The molecule has 0 spiro atoms. The molecule has 146 valence electrons. The molecular formula is C27H28N2. The summed E-state index contributed by atoms with van der Waals surface area (Å²) in [6.45, 7) is 8.34. The maximum atomic E-state index is 2.31. The van der Waals surface area contributed by atoms with Crippen molar-refractivity contribution in [1.82, 2.24) is 9.80 Å². The average Bonchev–Trinajstić information content (AvgIpc) is 2.73. The normalized spacial score (nSPS) is 15.9. The van der Waals surface area contributed by atoms with Crippen LogP contribution in [0.25, 0.3) is 0 Å². The molecule has 0 saturated heterocycles. The summed E-state index contributed by atoms with van der Waals surface area (Å²) < 4.78 is 0. The molecule has 0 fully saturated rings. The molecule has 2 aliphatic heterocycles. The van der Waals surface area contributed by atoms with E-state index in [9.17, 15) is 0 Å². The van der Waals surface area contributed by atoms with Crippen molar-refractivity contribution in [2.24, 2.45) is 0 Å². The first-order valence-corrected chi connectivity index (χ1v) is 10.2. The lowest BCUT2D eigenvalue weighted by molar-refractivity contribution is 0.454. The Kier molecular flexibility index (Phi) is 5.53. The summed E-state index contributed by atoms with van der Waals surface area (Å²) in [4.78, 5) is 4.55. The van der Waals surface area contributed by atoms with Gasteiger partial charge in [-0.25, -0.2) is 0 Å². The molecule has 2 aliphatic rings. The first kappa shape index (κ1) is 19.1. The molecular weight excluding hydrogens is 352 g/mol.